The summed E-state index contributed by atoms with van der Waals surface area (Å²) in [6.45, 7) is 9.39. The smallest absolute Gasteiger partial charge is 0.295 e. The number of ether oxygens (including phenoxy) is 2. The fraction of sp³-hybridized carbons (Fsp3) is 0.407. The molecule has 0 radical (unpaired) electrons. The zero-order chi connectivity index (χ0) is 24.1. The van der Waals surface area contributed by atoms with Crippen LogP contribution in [0.25, 0.3) is 5.76 Å². The molecule has 1 heterocycles. The monoisotopic (exact) mass is 451 g/mol. The number of benzene rings is 2. The molecule has 33 heavy (non-hydrogen) atoms. The zero-order valence-electron chi connectivity index (χ0n) is 20.1. The van der Waals surface area contributed by atoms with Crippen LogP contribution in [0.15, 0.2) is 48.0 Å². The topological polar surface area (TPSA) is 76.1 Å². The Morgan fingerprint density at radius 1 is 1.09 bits per heavy atom. The van der Waals surface area contributed by atoms with Crippen LogP contribution in [0.2, 0.25) is 0 Å². The molecule has 0 bridgehead atoms. The van der Waals surface area contributed by atoms with Gasteiger partial charge in [-0.25, -0.2) is 0 Å². The standard InChI is InChI=1S/C27H33NO5/c1-17(2)16-33-21-11-12-22(19(4)15-21)25(29)23-24(20-9-7-18(3)8-10-20)28(13-6-14-32-5)27(31)26(23)30/h7-12,15,17,24,29H,6,13-14,16H2,1-5H3/t24-/m0/s1. The highest BCUT2D eigenvalue weighted by Gasteiger charge is 2.45. The number of likely N-dealkylation sites (tertiary alicyclic amines) is 1. The predicted octanol–water partition coefficient (Wildman–Crippen LogP) is 4.80. The van der Waals surface area contributed by atoms with E-state index in [2.05, 4.69) is 13.8 Å². The number of amides is 1. The highest BCUT2D eigenvalue weighted by Crippen LogP contribution is 2.40. The van der Waals surface area contributed by atoms with Crippen LogP contribution in [-0.4, -0.2) is 48.6 Å². The molecule has 6 heteroatoms. The lowest BCUT2D eigenvalue weighted by Gasteiger charge is -2.25. The van der Waals surface area contributed by atoms with Crippen molar-refractivity contribution in [2.75, 3.05) is 26.9 Å². The van der Waals surface area contributed by atoms with Crippen molar-refractivity contribution in [3.05, 3.63) is 70.3 Å². The van der Waals surface area contributed by atoms with Crippen molar-refractivity contribution in [3.8, 4) is 5.75 Å². The van der Waals surface area contributed by atoms with Gasteiger partial charge in [-0.3, -0.25) is 9.59 Å². The molecule has 3 rings (SSSR count). The molecule has 0 unspecified atom stereocenters. The second-order valence-corrected chi connectivity index (χ2v) is 8.93. The first-order valence-electron chi connectivity index (χ1n) is 11.3. The van der Waals surface area contributed by atoms with Gasteiger partial charge in [-0.05, 0) is 55.5 Å². The Labute approximate surface area is 195 Å². The van der Waals surface area contributed by atoms with Crippen LogP contribution < -0.4 is 4.74 Å². The summed E-state index contributed by atoms with van der Waals surface area (Å²) >= 11 is 0. The average molecular weight is 452 g/mol. The van der Waals surface area contributed by atoms with Crippen LogP contribution in [0.4, 0.5) is 0 Å². The van der Waals surface area contributed by atoms with Crippen molar-refractivity contribution in [2.24, 2.45) is 5.92 Å². The summed E-state index contributed by atoms with van der Waals surface area (Å²) < 4.78 is 10.9. The number of methoxy groups -OCH3 is 1. The molecule has 6 nitrogen and oxygen atoms in total. The third kappa shape index (κ3) is 5.45. The van der Waals surface area contributed by atoms with Gasteiger partial charge in [0.25, 0.3) is 11.7 Å². The minimum Gasteiger partial charge on any atom is -0.507 e. The lowest BCUT2D eigenvalue weighted by atomic mass is 9.93. The fourth-order valence-corrected chi connectivity index (χ4v) is 3.98. The Kier molecular flexibility index (Phi) is 7.92. The van der Waals surface area contributed by atoms with E-state index in [1.54, 1.807) is 19.2 Å². The van der Waals surface area contributed by atoms with Crippen molar-refractivity contribution in [1.29, 1.82) is 0 Å². The maximum atomic E-state index is 13.1. The molecule has 0 aliphatic carbocycles. The molecule has 2 aromatic carbocycles. The Morgan fingerprint density at radius 3 is 2.39 bits per heavy atom. The fourth-order valence-electron chi connectivity index (χ4n) is 3.98. The number of ketones is 1. The zero-order valence-corrected chi connectivity index (χ0v) is 20.1. The lowest BCUT2D eigenvalue weighted by Crippen LogP contribution is -2.31. The summed E-state index contributed by atoms with van der Waals surface area (Å²) in [6, 6.07) is 12.4. The molecular weight excluding hydrogens is 418 g/mol. The van der Waals surface area contributed by atoms with Crippen LogP contribution >= 0.6 is 0 Å². The Bertz CT molecular complexity index is 1040. The van der Waals surface area contributed by atoms with E-state index in [0.717, 1.165) is 16.7 Å². The van der Waals surface area contributed by atoms with Crippen LogP contribution in [0.5, 0.6) is 5.75 Å². The number of hydrogen-bond acceptors (Lipinski definition) is 5. The number of aryl methyl sites for hydroxylation is 2. The third-order valence-electron chi connectivity index (χ3n) is 5.72. The van der Waals surface area contributed by atoms with Gasteiger partial charge in [0.2, 0.25) is 0 Å². The van der Waals surface area contributed by atoms with Crippen LogP contribution in [0.1, 0.15) is 48.6 Å². The van der Waals surface area contributed by atoms with Crippen molar-refractivity contribution in [3.63, 3.8) is 0 Å². The molecule has 1 amide bonds. The predicted molar refractivity (Wildman–Crippen MR) is 128 cm³/mol. The van der Waals surface area contributed by atoms with E-state index in [-0.39, 0.29) is 11.3 Å². The van der Waals surface area contributed by atoms with E-state index in [4.69, 9.17) is 9.47 Å². The largest absolute Gasteiger partial charge is 0.507 e. The summed E-state index contributed by atoms with van der Waals surface area (Å²) in [5.74, 6) is -0.348. The first-order chi connectivity index (χ1) is 15.7. The molecule has 1 saturated heterocycles. The van der Waals surface area contributed by atoms with Crippen molar-refractivity contribution in [1.82, 2.24) is 4.90 Å². The van der Waals surface area contributed by atoms with Gasteiger partial charge in [0.05, 0.1) is 18.2 Å². The second kappa shape index (κ2) is 10.7. The number of carbonyl (C=O) groups is 2. The van der Waals surface area contributed by atoms with Gasteiger partial charge in [0.1, 0.15) is 11.5 Å². The average Bonchev–Trinajstić information content (AvgIpc) is 3.03. The minimum absolute atomic E-state index is 0.111. The van der Waals surface area contributed by atoms with E-state index >= 15 is 0 Å². The maximum Gasteiger partial charge on any atom is 0.295 e. The highest BCUT2D eigenvalue weighted by atomic mass is 16.5. The molecule has 2 aromatic rings. The molecule has 176 valence electrons. The summed E-state index contributed by atoms with van der Waals surface area (Å²) in [4.78, 5) is 27.6. The molecule has 1 fully saturated rings. The Hall–Kier alpha value is -3.12. The molecule has 0 aromatic heterocycles. The number of aliphatic hydroxyl groups excluding tert-OH is 1. The summed E-state index contributed by atoms with van der Waals surface area (Å²) in [5, 5.41) is 11.3. The number of rotatable bonds is 9. The van der Waals surface area contributed by atoms with Gasteiger partial charge >= 0.3 is 0 Å². The highest BCUT2D eigenvalue weighted by molar-refractivity contribution is 6.46. The molecule has 0 saturated carbocycles. The second-order valence-electron chi connectivity index (χ2n) is 8.93. The summed E-state index contributed by atoms with van der Waals surface area (Å²) in [5.41, 5.74) is 3.25. The van der Waals surface area contributed by atoms with Crippen LogP contribution in [-0.2, 0) is 14.3 Å². The molecular formula is C27H33NO5. The molecule has 1 N–H and O–H groups in total. The molecule has 1 aliphatic heterocycles. The SMILES string of the molecule is COCCCN1C(=O)C(=O)C(=C(O)c2ccc(OCC(C)C)cc2C)[C@@H]1c1ccc(C)cc1. The number of carbonyl (C=O) groups excluding carboxylic acids is 2. The normalized spacial score (nSPS) is 17.8. The van der Waals surface area contributed by atoms with Gasteiger partial charge in [-0.1, -0.05) is 43.7 Å². The maximum absolute atomic E-state index is 13.1. The summed E-state index contributed by atoms with van der Waals surface area (Å²) in [7, 11) is 1.60. The van der Waals surface area contributed by atoms with Gasteiger partial charge < -0.3 is 19.5 Å². The number of Topliss-reactive ketones (excluding diaryl/α,β-unsaturated/α-hetero) is 1. The Morgan fingerprint density at radius 2 is 1.79 bits per heavy atom. The quantitative estimate of drug-likeness (QED) is 0.257. The van der Waals surface area contributed by atoms with Crippen LogP contribution in [0.3, 0.4) is 0 Å². The molecule has 1 atom stereocenters. The van der Waals surface area contributed by atoms with Gasteiger partial charge in [-0.2, -0.15) is 0 Å². The van der Waals surface area contributed by atoms with Crippen LogP contribution in [0, 0.1) is 19.8 Å². The van der Waals surface area contributed by atoms with E-state index in [1.807, 2.05) is 44.2 Å². The lowest BCUT2D eigenvalue weighted by molar-refractivity contribution is -0.140. The summed E-state index contributed by atoms with van der Waals surface area (Å²) in [6.07, 6.45) is 0.590. The van der Waals surface area contributed by atoms with E-state index in [1.165, 1.54) is 4.90 Å². The minimum atomic E-state index is -0.671. The molecule has 0 spiro atoms. The van der Waals surface area contributed by atoms with Crippen molar-refractivity contribution >= 4 is 17.4 Å². The van der Waals surface area contributed by atoms with Gasteiger partial charge in [0.15, 0.2) is 0 Å². The van der Waals surface area contributed by atoms with E-state index in [0.29, 0.717) is 43.4 Å². The number of hydrogen-bond donors (Lipinski definition) is 1. The third-order valence-corrected chi connectivity index (χ3v) is 5.72. The number of aliphatic hydroxyl groups is 1. The van der Waals surface area contributed by atoms with Crippen molar-refractivity contribution < 1.29 is 24.2 Å². The van der Waals surface area contributed by atoms with E-state index < -0.39 is 17.7 Å². The van der Waals surface area contributed by atoms with Crippen molar-refractivity contribution in [2.45, 2.75) is 40.2 Å². The van der Waals surface area contributed by atoms with Gasteiger partial charge in [-0.15, -0.1) is 0 Å². The van der Waals surface area contributed by atoms with E-state index in [9.17, 15) is 14.7 Å². The Balaban J connectivity index is 2.05. The first kappa shape index (κ1) is 24.5. The molecule has 1 aliphatic rings. The first-order valence-corrected chi connectivity index (χ1v) is 11.3. The number of nitrogens with zero attached hydrogens (tertiary/aromatic N) is 1. The van der Waals surface area contributed by atoms with Gasteiger partial charge in [0, 0.05) is 25.8 Å².